The molecule has 0 saturated carbocycles. The Bertz CT molecular complexity index is 394. The molecule has 18 heavy (non-hydrogen) atoms. The molecule has 100 valence electrons. The minimum absolute atomic E-state index is 0.635. The number of hydrogen-bond donors (Lipinski definition) is 1. The van der Waals surface area contributed by atoms with Crippen molar-refractivity contribution in [2.24, 2.45) is 0 Å². The van der Waals surface area contributed by atoms with Gasteiger partial charge in [-0.25, -0.2) is 0 Å². The Morgan fingerprint density at radius 1 is 1.28 bits per heavy atom. The van der Waals surface area contributed by atoms with Crippen LogP contribution in [0.4, 0.5) is 6.01 Å². The van der Waals surface area contributed by atoms with Crippen LogP contribution in [-0.4, -0.2) is 54.4 Å². The van der Waals surface area contributed by atoms with Crippen LogP contribution in [0.1, 0.15) is 25.2 Å². The van der Waals surface area contributed by atoms with Gasteiger partial charge in [0.05, 0.1) is 6.54 Å². The van der Waals surface area contributed by atoms with Gasteiger partial charge in [-0.15, -0.1) is 5.10 Å². The Balaban J connectivity index is 1.70. The second-order valence-electron chi connectivity index (χ2n) is 5.14. The standard InChI is InChI=1S/C12H21N5O/c1-13-8-11-14-15-12(18-11)17-7-3-6-16-5-2-4-10(16)9-17/h10,13H,2-9H2,1H3. The van der Waals surface area contributed by atoms with Crippen molar-refractivity contribution in [1.82, 2.24) is 20.4 Å². The summed E-state index contributed by atoms with van der Waals surface area (Å²) < 4.78 is 5.69. The van der Waals surface area contributed by atoms with E-state index in [0.717, 1.165) is 13.1 Å². The molecule has 0 amide bonds. The van der Waals surface area contributed by atoms with E-state index >= 15 is 0 Å². The highest BCUT2D eigenvalue weighted by Crippen LogP contribution is 2.24. The quantitative estimate of drug-likeness (QED) is 0.842. The highest BCUT2D eigenvalue weighted by molar-refractivity contribution is 5.25. The topological polar surface area (TPSA) is 57.4 Å². The van der Waals surface area contributed by atoms with Crippen molar-refractivity contribution in [2.75, 3.05) is 38.1 Å². The normalized spacial score (nSPS) is 25.2. The van der Waals surface area contributed by atoms with Gasteiger partial charge in [0.25, 0.3) is 0 Å². The average molecular weight is 251 g/mol. The summed E-state index contributed by atoms with van der Waals surface area (Å²) in [4.78, 5) is 4.85. The number of rotatable bonds is 3. The molecule has 1 unspecified atom stereocenters. The first kappa shape index (κ1) is 11.9. The molecule has 3 rings (SSSR count). The third kappa shape index (κ3) is 2.35. The van der Waals surface area contributed by atoms with Crippen LogP contribution in [0.25, 0.3) is 0 Å². The van der Waals surface area contributed by atoms with E-state index in [-0.39, 0.29) is 0 Å². The maximum absolute atomic E-state index is 5.69. The predicted octanol–water partition coefficient (Wildman–Crippen LogP) is 0.464. The fraction of sp³-hybridized carbons (Fsp3) is 0.833. The molecule has 0 radical (unpaired) electrons. The van der Waals surface area contributed by atoms with Gasteiger partial charge in [-0.1, -0.05) is 5.10 Å². The van der Waals surface area contributed by atoms with Gasteiger partial charge in [-0.3, -0.25) is 4.90 Å². The van der Waals surface area contributed by atoms with Crippen LogP contribution < -0.4 is 10.2 Å². The van der Waals surface area contributed by atoms with E-state index in [9.17, 15) is 0 Å². The Kier molecular flexibility index (Phi) is 3.47. The van der Waals surface area contributed by atoms with Gasteiger partial charge in [0, 0.05) is 25.7 Å². The molecule has 2 fully saturated rings. The number of nitrogens with zero attached hydrogens (tertiary/aromatic N) is 4. The molecule has 3 heterocycles. The molecule has 0 aliphatic carbocycles. The van der Waals surface area contributed by atoms with Crippen molar-refractivity contribution >= 4 is 6.01 Å². The van der Waals surface area contributed by atoms with Crippen LogP contribution in [0.15, 0.2) is 4.42 Å². The number of fused-ring (bicyclic) bond motifs is 1. The van der Waals surface area contributed by atoms with Crippen molar-refractivity contribution in [3.8, 4) is 0 Å². The summed E-state index contributed by atoms with van der Waals surface area (Å²) in [6.45, 7) is 5.15. The van der Waals surface area contributed by atoms with Crippen molar-refractivity contribution in [2.45, 2.75) is 31.8 Å². The third-order valence-corrected chi connectivity index (χ3v) is 3.86. The summed E-state index contributed by atoms with van der Waals surface area (Å²) in [7, 11) is 1.88. The molecular formula is C12H21N5O. The maximum Gasteiger partial charge on any atom is 0.318 e. The van der Waals surface area contributed by atoms with Crippen LogP contribution in [0.3, 0.4) is 0 Å². The van der Waals surface area contributed by atoms with Gasteiger partial charge >= 0.3 is 6.01 Å². The van der Waals surface area contributed by atoms with Crippen molar-refractivity contribution in [3.63, 3.8) is 0 Å². The predicted molar refractivity (Wildman–Crippen MR) is 68.5 cm³/mol. The number of aromatic nitrogens is 2. The third-order valence-electron chi connectivity index (χ3n) is 3.86. The van der Waals surface area contributed by atoms with Gasteiger partial charge in [0.1, 0.15) is 0 Å². The zero-order valence-electron chi connectivity index (χ0n) is 10.9. The first-order chi connectivity index (χ1) is 8.86. The van der Waals surface area contributed by atoms with Crippen LogP contribution in [-0.2, 0) is 6.54 Å². The second kappa shape index (κ2) is 5.24. The molecule has 1 aromatic heterocycles. The lowest BCUT2D eigenvalue weighted by Crippen LogP contribution is -2.36. The lowest BCUT2D eigenvalue weighted by molar-refractivity contribution is 0.272. The first-order valence-electron chi connectivity index (χ1n) is 6.83. The van der Waals surface area contributed by atoms with Crippen LogP contribution in [0.2, 0.25) is 0 Å². The van der Waals surface area contributed by atoms with Gasteiger partial charge in [0.15, 0.2) is 0 Å². The molecular weight excluding hydrogens is 230 g/mol. The smallest absolute Gasteiger partial charge is 0.318 e. The Labute approximate surface area is 107 Å². The monoisotopic (exact) mass is 251 g/mol. The Morgan fingerprint density at radius 3 is 3.06 bits per heavy atom. The Morgan fingerprint density at radius 2 is 2.17 bits per heavy atom. The number of hydrogen-bond acceptors (Lipinski definition) is 6. The molecule has 6 heteroatoms. The molecule has 1 atom stereocenters. The minimum Gasteiger partial charge on any atom is -0.407 e. The molecule has 0 aromatic carbocycles. The summed E-state index contributed by atoms with van der Waals surface area (Å²) in [6, 6.07) is 1.36. The number of anilines is 1. The fourth-order valence-electron chi connectivity index (χ4n) is 2.98. The van der Waals surface area contributed by atoms with Crippen molar-refractivity contribution in [3.05, 3.63) is 5.89 Å². The fourth-order valence-corrected chi connectivity index (χ4v) is 2.98. The van der Waals surface area contributed by atoms with Gasteiger partial charge in [-0.2, -0.15) is 0 Å². The summed E-state index contributed by atoms with van der Waals surface area (Å²) in [5, 5.41) is 11.3. The summed E-state index contributed by atoms with van der Waals surface area (Å²) in [5.74, 6) is 0.667. The zero-order chi connectivity index (χ0) is 12.4. The average Bonchev–Trinajstić information content (AvgIpc) is 2.95. The maximum atomic E-state index is 5.69. The van der Waals surface area contributed by atoms with Crippen molar-refractivity contribution < 1.29 is 4.42 Å². The van der Waals surface area contributed by atoms with E-state index in [1.165, 1.54) is 32.4 Å². The van der Waals surface area contributed by atoms with Gasteiger partial charge in [0.2, 0.25) is 5.89 Å². The summed E-state index contributed by atoms with van der Waals surface area (Å²) in [6.07, 6.45) is 3.81. The van der Waals surface area contributed by atoms with E-state index in [1.807, 2.05) is 7.05 Å². The van der Waals surface area contributed by atoms with Crippen molar-refractivity contribution in [1.29, 1.82) is 0 Å². The zero-order valence-corrected chi connectivity index (χ0v) is 10.9. The second-order valence-corrected chi connectivity index (χ2v) is 5.14. The SMILES string of the molecule is CNCc1nnc(N2CCCN3CCCC3C2)o1. The van der Waals surface area contributed by atoms with Gasteiger partial charge in [-0.05, 0) is 32.9 Å². The van der Waals surface area contributed by atoms with Crippen LogP contribution >= 0.6 is 0 Å². The van der Waals surface area contributed by atoms with E-state index in [2.05, 4.69) is 25.3 Å². The molecule has 1 aromatic rings. The lowest BCUT2D eigenvalue weighted by Gasteiger charge is -2.24. The minimum atomic E-state index is 0.635. The Hall–Kier alpha value is -1.14. The summed E-state index contributed by atoms with van der Waals surface area (Å²) >= 11 is 0. The molecule has 0 spiro atoms. The number of nitrogens with one attached hydrogen (secondary N) is 1. The molecule has 0 bridgehead atoms. The first-order valence-corrected chi connectivity index (χ1v) is 6.83. The highest BCUT2D eigenvalue weighted by atomic mass is 16.4. The van der Waals surface area contributed by atoms with E-state index < -0.39 is 0 Å². The molecule has 1 N–H and O–H groups in total. The summed E-state index contributed by atoms with van der Waals surface area (Å²) in [5.41, 5.74) is 0. The molecule has 6 nitrogen and oxygen atoms in total. The van der Waals surface area contributed by atoms with Crippen LogP contribution in [0.5, 0.6) is 0 Å². The van der Waals surface area contributed by atoms with E-state index in [4.69, 9.17) is 4.42 Å². The molecule has 2 aliphatic heterocycles. The van der Waals surface area contributed by atoms with Crippen LogP contribution in [0, 0.1) is 0 Å². The van der Waals surface area contributed by atoms with E-state index in [0.29, 0.717) is 24.5 Å². The largest absolute Gasteiger partial charge is 0.407 e. The van der Waals surface area contributed by atoms with Gasteiger partial charge < -0.3 is 14.6 Å². The lowest BCUT2D eigenvalue weighted by atomic mass is 10.2. The molecule has 2 saturated heterocycles. The molecule has 2 aliphatic rings. The van der Waals surface area contributed by atoms with E-state index in [1.54, 1.807) is 0 Å². The highest BCUT2D eigenvalue weighted by Gasteiger charge is 2.30.